The van der Waals surface area contributed by atoms with Gasteiger partial charge in [0, 0.05) is 12.7 Å². The first-order valence-electron chi connectivity index (χ1n) is 8.95. The Bertz CT molecular complexity index is 1040. The van der Waals surface area contributed by atoms with Crippen molar-refractivity contribution in [2.75, 3.05) is 0 Å². The highest BCUT2D eigenvalue weighted by molar-refractivity contribution is 7.89. The maximum Gasteiger partial charge on any atom is 0.247 e. The SMILES string of the molecule is Cc1n[nH]c(C)c1S(=O)(=O)N(Cc1ccco1)Cc1nn(C)c2c1CCC2. The van der Waals surface area contributed by atoms with Crippen LogP contribution in [-0.2, 0) is 43.0 Å². The molecular weight excluding hydrogens is 366 g/mol. The highest BCUT2D eigenvalue weighted by Gasteiger charge is 2.33. The number of aromatic amines is 1. The fourth-order valence-electron chi connectivity index (χ4n) is 3.84. The van der Waals surface area contributed by atoms with Crippen LogP contribution in [0, 0.1) is 13.8 Å². The predicted molar refractivity (Wildman–Crippen MR) is 98.4 cm³/mol. The van der Waals surface area contributed by atoms with Gasteiger partial charge in [-0.05, 0) is 50.8 Å². The molecule has 3 aromatic rings. The van der Waals surface area contributed by atoms with Gasteiger partial charge in [0.2, 0.25) is 10.0 Å². The summed E-state index contributed by atoms with van der Waals surface area (Å²) < 4.78 is 35.6. The Hall–Kier alpha value is -2.39. The minimum Gasteiger partial charge on any atom is -0.468 e. The van der Waals surface area contributed by atoms with E-state index >= 15 is 0 Å². The first-order chi connectivity index (χ1) is 12.9. The molecule has 0 amide bonds. The molecule has 0 atom stereocenters. The van der Waals surface area contributed by atoms with E-state index in [-0.39, 0.29) is 18.0 Å². The number of H-pyrrole nitrogens is 1. The van der Waals surface area contributed by atoms with Gasteiger partial charge < -0.3 is 4.42 Å². The maximum atomic E-state index is 13.5. The van der Waals surface area contributed by atoms with Crippen molar-refractivity contribution in [3.8, 4) is 0 Å². The molecule has 0 fully saturated rings. The van der Waals surface area contributed by atoms with E-state index in [0.717, 1.165) is 25.0 Å². The van der Waals surface area contributed by atoms with E-state index in [9.17, 15) is 8.42 Å². The van der Waals surface area contributed by atoms with Gasteiger partial charge in [0.25, 0.3) is 0 Å². The Kier molecular flexibility index (Phi) is 4.43. The van der Waals surface area contributed by atoms with E-state index in [1.807, 2.05) is 11.7 Å². The molecule has 9 heteroatoms. The predicted octanol–water partition coefficient (Wildman–Crippen LogP) is 2.23. The lowest BCUT2D eigenvalue weighted by Crippen LogP contribution is -2.31. The molecule has 27 heavy (non-hydrogen) atoms. The third-order valence-corrected chi connectivity index (χ3v) is 7.15. The van der Waals surface area contributed by atoms with Crippen LogP contribution in [0.5, 0.6) is 0 Å². The van der Waals surface area contributed by atoms with E-state index in [1.165, 1.54) is 15.6 Å². The van der Waals surface area contributed by atoms with Gasteiger partial charge in [0.05, 0.1) is 36.4 Å². The minimum absolute atomic E-state index is 0.144. The Morgan fingerprint density at radius 1 is 1.30 bits per heavy atom. The second-order valence-electron chi connectivity index (χ2n) is 6.96. The number of aryl methyl sites for hydroxylation is 3. The smallest absolute Gasteiger partial charge is 0.247 e. The quantitative estimate of drug-likeness (QED) is 0.697. The lowest BCUT2D eigenvalue weighted by atomic mass is 10.2. The number of nitrogens with one attached hydrogen (secondary N) is 1. The molecule has 0 aromatic carbocycles. The van der Waals surface area contributed by atoms with Crippen molar-refractivity contribution >= 4 is 10.0 Å². The molecule has 1 aliphatic carbocycles. The summed E-state index contributed by atoms with van der Waals surface area (Å²) >= 11 is 0. The number of hydrogen-bond donors (Lipinski definition) is 1. The number of hydrogen-bond acceptors (Lipinski definition) is 5. The van der Waals surface area contributed by atoms with Crippen LogP contribution in [0.15, 0.2) is 27.7 Å². The second kappa shape index (κ2) is 6.65. The van der Waals surface area contributed by atoms with Crippen molar-refractivity contribution < 1.29 is 12.8 Å². The zero-order chi connectivity index (χ0) is 19.2. The topological polar surface area (TPSA) is 97.0 Å². The molecular formula is C18H23N5O3S. The molecule has 0 radical (unpaired) electrons. The summed E-state index contributed by atoms with van der Waals surface area (Å²) in [5.74, 6) is 0.588. The van der Waals surface area contributed by atoms with Crippen molar-refractivity contribution in [2.45, 2.75) is 51.1 Å². The lowest BCUT2D eigenvalue weighted by molar-refractivity contribution is 0.353. The molecule has 3 heterocycles. The molecule has 3 aromatic heterocycles. The first-order valence-corrected chi connectivity index (χ1v) is 10.4. The summed E-state index contributed by atoms with van der Waals surface area (Å²) in [7, 11) is -1.85. The van der Waals surface area contributed by atoms with Crippen molar-refractivity contribution in [1.29, 1.82) is 0 Å². The number of aromatic nitrogens is 4. The van der Waals surface area contributed by atoms with E-state index in [1.54, 1.807) is 32.2 Å². The molecule has 1 aliphatic rings. The number of furan rings is 1. The van der Waals surface area contributed by atoms with Gasteiger partial charge in [-0.25, -0.2) is 8.42 Å². The summed E-state index contributed by atoms with van der Waals surface area (Å²) in [5.41, 5.74) is 4.19. The van der Waals surface area contributed by atoms with Crippen LogP contribution in [0.2, 0.25) is 0 Å². The normalized spacial score (nSPS) is 14.2. The number of rotatable bonds is 6. The van der Waals surface area contributed by atoms with Crippen LogP contribution < -0.4 is 0 Å². The van der Waals surface area contributed by atoms with E-state index in [2.05, 4.69) is 15.3 Å². The number of nitrogens with zero attached hydrogens (tertiary/aromatic N) is 4. The lowest BCUT2D eigenvalue weighted by Gasteiger charge is -2.21. The van der Waals surface area contributed by atoms with Crippen molar-refractivity contribution in [2.24, 2.45) is 7.05 Å². The van der Waals surface area contributed by atoms with Crippen LogP contribution in [0.1, 0.15) is 40.5 Å². The summed E-state index contributed by atoms with van der Waals surface area (Å²) in [5, 5.41) is 11.4. The molecule has 0 unspecified atom stereocenters. The highest BCUT2D eigenvalue weighted by atomic mass is 32.2. The Balaban J connectivity index is 1.75. The fraction of sp³-hybridized carbons (Fsp3) is 0.444. The van der Waals surface area contributed by atoms with Gasteiger partial charge in [-0.3, -0.25) is 9.78 Å². The van der Waals surface area contributed by atoms with Gasteiger partial charge in [-0.2, -0.15) is 14.5 Å². The summed E-state index contributed by atoms with van der Waals surface area (Å²) in [6, 6.07) is 3.54. The van der Waals surface area contributed by atoms with Crippen molar-refractivity contribution in [3.05, 3.63) is 52.5 Å². The first kappa shape index (κ1) is 18.0. The molecule has 0 saturated carbocycles. The third-order valence-electron chi connectivity index (χ3n) is 5.10. The Labute approximate surface area is 158 Å². The molecule has 0 aliphatic heterocycles. The second-order valence-corrected chi connectivity index (χ2v) is 8.84. The standard InChI is InChI=1S/C18H23N5O3S/c1-12-18(13(2)20-19-12)27(24,25)23(10-14-6-5-9-26-14)11-16-15-7-4-8-17(15)22(3)21-16/h5-6,9H,4,7-8,10-11H2,1-3H3,(H,19,20). The van der Waals surface area contributed by atoms with Gasteiger partial charge in [0.15, 0.2) is 0 Å². The van der Waals surface area contributed by atoms with Gasteiger partial charge in [0.1, 0.15) is 10.7 Å². The summed E-state index contributed by atoms with van der Waals surface area (Å²) in [4.78, 5) is 0.224. The zero-order valence-electron chi connectivity index (χ0n) is 15.7. The average molecular weight is 389 g/mol. The third kappa shape index (κ3) is 3.10. The Morgan fingerprint density at radius 2 is 2.11 bits per heavy atom. The van der Waals surface area contributed by atoms with Crippen LogP contribution in [0.25, 0.3) is 0 Å². The summed E-state index contributed by atoms with van der Waals surface area (Å²) in [6.07, 6.45) is 4.56. The Morgan fingerprint density at radius 3 is 2.78 bits per heavy atom. The molecule has 1 N–H and O–H groups in total. The van der Waals surface area contributed by atoms with Crippen LogP contribution >= 0.6 is 0 Å². The molecule has 0 saturated heterocycles. The van der Waals surface area contributed by atoms with Crippen molar-refractivity contribution in [1.82, 2.24) is 24.3 Å². The van der Waals surface area contributed by atoms with Crippen LogP contribution in [0.4, 0.5) is 0 Å². The van der Waals surface area contributed by atoms with Gasteiger partial charge in [-0.1, -0.05) is 0 Å². The van der Waals surface area contributed by atoms with Crippen LogP contribution in [-0.4, -0.2) is 32.7 Å². The van der Waals surface area contributed by atoms with Gasteiger partial charge in [-0.15, -0.1) is 0 Å². The summed E-state index contributed by atoms with van der Waals surface area (Å²) in [6.45, 7) is 3.76. The highest BCUT2D eigenvalue weighted by Crippen LogP contribution is 2.29. The van der Waals surface area contributed by atoms with E-state index in [0.29, 0.717) is 17.1 Å². The fourth-order valence-corrected chi connectivity index (χ4v) is 5.54. The van der Waals surface area contributed by atoms with Crippen molar-refractivity contribution in [3.63, 3.8) is 0 Å². The average Bonchev–Trinajstić information content (AvgIpc) is 3.36. The zero-order valence-corrected chi connectivity index (χ0v) is 16.5. The van der Waals surface area contributed by atoms with E-state index < -0.39 is 10.0 Å². The number of fused-ring (bicyclic) bond motifs is 1. The van der Waals surface area contributed by atoms with E-state index in [4.69, 9.17) is 4.42 Å². The van der Waals surface area contributed by atoms with Gasteiger partial charge >= 0.3 is 0 Å². The molecule has 144 valence electrons. The molecule has 0 bridgehead atoms. The monoisotopic (exact) mass is 389 g/mol. The van der Waals surface area contributed by atoms with Crippen LogP contribution in [0.3, 0.4) is 0 Å². The maximum absolute atomic E-state index is 13.5. The number of sulfonamides is 1. The minimum atomic E-state index is -3.77. The molecule has 4 rings (SSSR count). The molecule has 0 spiro atoms. The largest absolute Gasteiger partial charge is 0.468 e. The molecule has 8 nitrogen and oxygen atoms in total.